The number of benzene rings is 2. The van der Waals surface area contributed by atoms with E-state index in [1.807, 2.05) is 57.2 Å². The largest absolute Gasteiger partial charge is 0.444 e. The molecule has 34 heavy (non-hydrogen) atoms. The second-order valence-corrected chi connectivity index (χ2v) is 10.5. The van der Waals surface area contributed by atoms with Crippen LogP contribution in [0.1, 0.15) is 57.7 Å². The first-order chi connectivity index (χ1) is 16.0. The lowest BCUT2D eigenvalue weighted by molar-refractivity contribution is -0.385. The highest BCUT2D eigenvalue weighted by atomic mass is 16.6. The van der Waals surface area contributed by atoms with E-state index in [1.54, 1.807) is 17.0 Å². The molecule has 0 saturated carbocycles. The van der Waals surface area contributed by atoms with Crippen LogP contribution in [0, 0.1) is 16.0 Å². The molecule has 0 saturated heterocycles. The van der Waals surface area contributed by atoms with Crippen molar-refractivity contribution in [3.63, 3.8) is 0 Å². The summed E-state index contributed by atoms with van der Waals surface area (Å²) in [4.78, 5) is 28.4. The smallest absolute Gasteiger partial charge is 0.410 e. The summed E-state index contributed by atoms with van der Waals surface area (Å²) in [6.07, 6.45) is 1.42. The first kappa shape index (κ1) is 25.7. The van der Waals surface area contributed by atoms with Gasteiger partial charge in [-0.2, -0.15) is 0 Å². The predicted molar refractivity (Wildman–Crippen MR) is 134 cm³/mol. The molecule has 0 radical (unpaired) electrons. The Hall–Kier alpha value is -2.93. The third-order valence-corrected chi connectivity index (χ3v) is 6.05. The van der Waals surface area contributed by atoms with Crippen LogP contribution in [0.4, 0.5) is 10.5 Å². The van der Waals surface area contributed by atoms with E-state index < -0.39 is 5.60 Å². The van der Waals surface area contributed by atoms with Crippen LogP contribution in [0.5, 0.6) is 0 Å². The Morgan fingerprint density at radius 1 is 1.18 bits per heavy atom. The number of carbonyl (C=O) groups excluding carboxylic acids is 1. The summed E-state index contributed by atoms with van der Waals surface area (Å²) in [6, 6.07) is 15.5. The number of nitro groups is 1. The molecule has 0 aliphatic carbocycles. The van der Waals surface area contributed by atoms with Gasteiger partial charge in [0, 0.05) is 43.9 Å². The first-order valence-corrected chi connectivity index (χ1v) is 12.0. The standard InChI is InChI=1S/C27H37N3O4/c1-20(2)16-23-17-22-12-9-13-25(30(32)33)24(22)19-28(23)14-15-29(26(31)34-27(3,4)5)18-21-10-7-6-8-11-21/h6-13,20,23H,14-19H2,1-5H3. The molecule has 3 rings (SSSR count). The summed E-state index contributed by atoms with van der Waals surface area (Å²) in [5.41, 5.74) is 2.48. The lowest BCUT2D eigenvalue weighted by atomic mass is 9.88. The van der Waals surface area contributed by atoms with E-state index >= 15 is 0 Å². The zero-order valence-corrected chi connectivity index (χ0v) is 21.0. The van der Waals surface area contributed by atoms with Gasteiger partial charge < -0.3 is 9.64 Å². The van der Waals surface area contributed by atoms with Crippen LogP contribution >= 0.6 is 0 Å². The molecule has 7 nitrogen and oxygen atoms in total. The van der Waals surface area contributed by atoms with E-state index in [4.69, 9.17) is 4.74 Å². The van der Waals surface area contributed by atoms with Gasteiger partial charge in [-0.3, -0.25) is 15.0 Å². The van der Waals surface area contributed by atoms with Gasteiger partial charge in [-0.25, -0.2) is 4.79 Å². The van der Waals surface area contributed by atoms with Crippen LogP contribution in [-0.2, 0) is 24.2 Å². The maximum absolute atomic E-state index is 13.0. The van der Waals surface area contributed by atoms with Crippen molar-refractivity contribution in [1.29, 1.82) is 0 Å². The van der Waals surface area contributed by atoms with Crippen molar-refractivity contribution in [3.8, 4) is 0 Å². The molecule has 1 amide bonds. The second-order valence-electron chi connectivity index (χ2n) is 10.5. The van der Waals surface area contributed by atoms with Crippen molar-refractivity contribution in [2.24, 2.45) is 5.92 Å². The second kappa shape index (κ2) is 11.0. The zero-order chi connectivity index (χ0) is 24.9. The highest BCUT2D eigenvalue weighted by Gasteiger charge is 2.32. The summed E-state index contributed by atoms with van der Waals surface area (Å²) in [5.74, 6) is 0.499. The van der Waals surface area contributed by atoms with Crippen molar-refractivity contribution in [2.75, 3.05) is 13.1 Å². The van der Waals surface area contributed by atoms with Crippen LogP contribution in [0.2, 0.25) is 0 Å². The number of nitro benzene ring substituents is 1. The minimum Gasteiger partial charge on any atom is -0.444 e. The van der Waals surface area contributed by atoms with Gasteiger partial charge in [0.2, 0.25) is 0 Å². The van der Waals surface area contributed by atoms with Gasteiger partial charge in [0.05, 0.1) is 4.92 Å². The third-order valence-electron chi connectivity index (χ3n) is 6.05. The van der Waals surface area contributed by atoms with E-state index in [0.29, 0.717) is 32.1 Å². The Balaban J connectivity index is 1.82. The van der Waals surface area contributed by atoms with Gasteiger partial charge >= 0.3 is 6.09 Å². The van der Waals surface area contributed by atoms with E-state index in [2.05, 4.69) is 18.7 Å². The molecule has 2 aromatic rings. The minimum absolute atomic E-state index is 0.179. The summed E-state index contributed by atoms with van der Waals surface area (Å²) < 4.78 is 5.69. The van der Waals surface area contributed by atoms with Gasteiger partial charge in [-0.1, -0.05) is 56.3 Å². The summed E-state index contributed by atoms with van der Waals surface area (Å²) in [5, 5.41) is 11.6. The fraction of sp³-hybridized carbons (Fsp3) is 0.519. The maximum atomic E-state index is 13.0. The van der Waals surface area contributed by atoms with Gasteiger partial charge in [0.1, 0.15) is 5.60 Å². The highest BCUT2D eigenvalue weighted by molar-refractivity contribution is 5.68. The summed E-state index contributed by atoms with van der Waals surface area (Å²) in [7, 11) is 0. The van der Waals surface area contributed by atoms with Crippen molar-refractivity contribution >= 4 is 11.8 Å². The number of ether oxygens (including phenoxy) is 1. The van der Waals surface area contributed by atoms with Crippen LogP contribution in [0.3, 0.4) is 0 Å². The Morgan fingerprint density at radius 2 is 1.88 bits per heavy atom. The predicted octanol–water partition coefficient (Wildman–Crippen LogP) is 5.80. The average Bonchev–Trinajstić information content (AvgIpc) is 2.75. The zero-order valence-electron chi connectivity index (χ0n) is 21.0. The van der Waals surface area contributed by atoms with Crippen molar-refractivity contribution < 1.29 is 14.5 Å². The van der Waals surface area contributed by atoms with E-state index in [-0.39, 0.29) is 22.7 Å². The fourth-order valence-electron chi connectivity index (χ4n) is 4.53. The van der Waals surface area contributed by atoms with Crippen molar-refractivity contribution in [1.82, 2.24) is 9.80 Å². The first-order valence-electron chi connectivity index (χ1n) is 12.0. The summed E-state index contributed by atoms with van der Waals surface area (Å²) >= 11 is 0. The Kier molecular flexibility index (Phi) is 8.31. The number of rotatable bonds is 8. The minimum atomic E-state index is -0.586. The molecule has 1 heterocycles. The third kappa shape index (κ3) is 7.03. The monoisotopic (exact) mass is 467 g/mol. The van der Waals surface area contributed by atoms with Crippen LogP contribution in [0.15, 0.2) is 48.5 Å². The number of hydrogen-bond acceptors (Lipinski definition) is 5. The fourth-order valence-corrected chi connectivity index (χ4v) is 4.53. The van der Waals surface area contributed by atoms with Gasteiger partial charge in [-0.15, -0.1) is 0 Å². The molecule has 2 aromatic carbocycles. The summed E-state index contributed by atoms with van der Waals surface area (Å²) in [6.45, 7) is 12.1. The topological polar surface area (TPSA) is 75.9 Å². The number of fused-ring (bicyclic) bond motifs is 1. The van der Waals surface area contributed by atoms with E-state index in [1.165, 1.54) is 0 Å². The van der Waals surface area contributed by atoms with Gasteiger partial charge in [0.25, 0.3) is 5.69 Å². The normalized spacial score (nSPS) is 16.2. The average molecular weight is 468 g/mol. The number of carbonyl (C=O) groups is 1. The molecule has 7 heteroatoms. The van der Waals surface area contributed by atoms with Crippen LogP contribution < -0.4 is 0 Å². The molecule has 1 atom stereocenters. The molecular formula is C27H37N3O4. The number of nitrogens with zero attached hydrogens (tertiary/aromatic N) is 3. The SMILES string of the molecule is CC(C)CC1Cc2cccc([N+](=O)[O-])c2CN1CCN(Cc1ccccc1)C(=O)OC(C)(C)C. The molecule has 0 bridgehead atoms. The molecule has 1 unspecified atom stereocenters. The molecular weight excluding hydrogens is 430 g/mol. The molecule has 0 aromatic heterocycles. The Bertz CT molecular complexity index is 985. The van der Waals surface area contributed by atoms with Crippen LogP contribution in [-0.4, -0.2) is 45.5 Å². The lowest BCUT2D eigenvalue weighted by Crippen LogP contribution is -2.46. The quantitative estimate of drug-likeness (QED) is 0.362. The Morgan fingerprint density at radius 3 is 2.50 bits per heavy atom. The molecule has 0 fully saturated rings. The number of amides is 1. The van der Waals surface area contributed by atoms with Gasteiger partial charge in [-0.05, 0) is 50.7 Å². The molecule has 0 spiro atoms. The Labute approximate surface area is 202 Å². The molecule has 184 valence electrons. The maximum Gasteiger partial charge on any atom is 0.410 e. The van der Waals surface area contributed by atoms with E-state index in [9.17, 15) is 14.9 Å². The molecule has 1 aliphatic heterocycles. The van der Waals surface area contributed by atoms with E-state index in [0.717, 1.165) is 29.5 Å². The lowest BCUT2D eigenvalue weighted by Gasteiger charge is -2.39. The molecule has 0 N–H and O–H groups in total. The van der Waals surface area contributed by atoms with Crippen LogP contribution in [0.25, 0.3) is 0 Å². The van der Waals surface area contributed by atoms with Crippen molar-refractivity contribution in [3.05, 3.63) is 75.3 Å². The van der Waals surface area contributed by atoms with Gasteiger partial charge in [0.15, 0.2) is 0 Å². The molecule has 1 aliphatic rings. The number of hydrogen-bond donors (Lipinski definition) is 0. The van der Waals surface area contributed by atoms with Crippen molar-refractivity contribution in [2.45, 2.75) is 72.2 Å². The highest BCUT2D eigenvalue weighted by Crippen LogP contribution is 2.32.